The van der Waals surface area contributed by atoms with E-state index < -0.39 is 90.8 Å². The van der Waals surface area contributed by atoms with E-state index in [-0.39, 0.29) is 43.6 Å². The van der Waals surface area contributed by atoms with E-state index in [4.69, 9.17) is 21.9 Å². The van der Waals surface area contributed by atoms with Crippen LogP contribution in [0, 0.1) is 5.92 Å². The van der Waals surface area contributed by atoms with E-state index in [1.807, 2.05) is 48.5 Å². The number of benzene rings is 2. The molecule has 19 nitrogen and oxygen atoms in total. The van der Waals surface area contributed by atoms with Crippen LogP contribution in [-0.4, -0.2) is 113 Å². The zero-order chi connectivity index (χ0) is 42.2. The normalized spacial score (nSPS) is 14.8. The zero-order valence-electron chi connectivity index (χ0n) is 31.6. The molecule has 0 fully saturated rings. The Balaban J connectivity index is 1.65. The second kappa shape index (κ2) is 22.0. The predicted molar refractivity (Wildman–Crippen MR) is 211 cm³/mol. The van der Waals surface area contributed by atoms with Gasteiger partial charge < -0.3 is 58.7 Å². The lowest BCUT2D eigenvalue weighted by atomic mass is 9.97. The number of carboxylic acids is 1. The molecule has 3 rings (SSSR count). The summed E-state index contributed by atoms with van der Waals surface area (Å²) in [7, 11) is 0. The first-order valence-electron chi connectivity index (χ1n) is 18.2. The van der Waals surface area contributed by atoms with Gasteiger partial charge >= 0.3 is 12.1 Å². The number of carbonyl (C=O) groups is 7. The number of aliphatic carboxylic acids is 1. The standard InChI is InChI=1S/C37H51N9O10S/c1-3-19(2)30(35(54)44-27(16-47)33(52)42-25(31(38)50)13-8-14-41-36(39)40)46-32(51)26(15-29(48)49)43-34(53)28(18-57)45-37(55)56-17-24-22-11-6-4-9-20(22)21-10-5-7-12-23(21)24/h4-7,9-12,19,24-28,30,47,57H,3,8,13-18H2,1-2H3,(H2,38,50)(H,42,52)(H,43,53)(H,44,54)(H,45,55)(H,46,51)(H,48,49)(H4,39,40,41)/t19-,25-,26-,27-,28-,30-/m0/s1. The number of hydrogen-bond donors (Lipinski definition) is 11. The SMILES string of the molecule is CC[C@H](C)[C@H](NC(=O)[C@H](CC(=O)O)NC(=O)[C@H](CS)NC(=O)OCC1c2ccccc2-c2ccccc21)C(=O)N[C@@H](CO)C(=O)N[C@@H](CCCN=C(N)N)C(N)=O. The number of carbonyl (C=O) groups excluding carboxylic acids is 6. The molecular formula is C37H51N9O10S. The molecule has 0 saturated carbocycles. The van der Waals surface area contributed by atoms with Crippen molar-refractivity contribution in [1.82, 2.24) is 26.6 Å². The Bertz CT molecular complexity index is 1760. The van der Waals surface area contributed by atoms with Crippen molar-refractivity contribution in [2.45, 2.75) is 75.7 Å². The van der Waals surface area contributed by atoms with Gasteiger partial charge in [0.05, 0.1) is 13.0 Å². The average Bonchev–Trinajstić information content (AvgIpc) is 3.50. The van der Waals surface area contributed by atoms with Gasteiger partial charge in [0.2, 0.25) is 29.5 Å². The molecule has 0 aliphatic heterocycles. The molecule has 6 amide bonds. The summed E-state index contributed by atoms with van der Waals surface area (Å²) in [4.78, 5) is 93.7. The molecule has 0 heterocycles. The molecule has 6 atom stereocenters. The van der Waals surface area contributed by atoms with Gasteiger partial charge in [0.25, 0.3) is 0 Å². The van der Waals surface area contributed by atoms with E-state index in [1.165, 1.54) is 0 Å². The molecule has 2 aromatic carbocycles. The summed E-state index contributed by atoms with van der Waals surface area (Å²) < 4.78 is 5.51. The highest BCUT2D eigenvalue weighted by molar-refractivity contribution is 7.80. The lowest BCUT2D eigenvalue weighted by Gasteiger charge is -2.28. The van der Waals surface area contributed by atoms with Gasteiger partial charge in [0.1, 0.15) is 36.8 Å². The van der Waals surface area contributed by atoms with Crippen molar-refractivity contribution in [3.05, 3.63) is 59.7 Å². The van der Waals surface area contributed by atoms with Crippen molar-refractivity contribution in [2.75, 3.05) is 25.5 Å². The van der Waals surface area contributed by atoms with E-state index in [9.17, 15) is 43.8 Å². The van der Waals surface area contributed by atoms with Crippen molar-refractivity contribution in [3.8, 4) is 11.1 Å². The maximum absolute atomic E-state index is 13.5. The third kappa shape index (κ3) is 13.1. The fourth-order valence-corrected chi connectivity index (χ4v) is 6.36. The highest BCUT2D eigenvalue weighted by Gasteiger charge is 2.35. The Morgan fingerprint density at radius 2 is 1.33 bits per heavy atom. The summed E-state index contributed by atoms with van der Waals surface area (Å²) in [6.45, 7) is 2.49. The second-order valence-electron chi connectivity index (χ2n) is 13.4. The minimum Gasteiger partial charge on any atom is -0.481 e. The van der Waals surface area contributed by atoms with E-state index in [2.05, 4.69) is 44.2 Å². The molecule has 0 unspecified atom stereocenters. The largest absolute Gasteiger partial charge is 0.481 e. The third-order valence-electron chi connectivity index (χ3n) is 9.36. The molecule has 0 spiro atoms. The number of rotatable bonds is 22. The number of thiol groups is 1. The lowest BCUT2D eigenvalue weighted by molar-refractivity contribution is -0.141. The van der Waals surface area contributed by atoms with Crippen LogP contribution < -0.4 is 43.8 Å². The third-order valence-corrected chi connectivity index (χ3v) is 9.73. The van der Waals surface area contributed by atoms with Crippen molar-refractivity contribution in [3.63, 3.8) is 0 Å². The number of carboxylic acid groups (broad SMARTS) is 1. The first-order valence-corrected chi connectivity index (χ1v) is 18.9. The van der Waals surface area contributed by atoms with E-state index in [0.717, 1.165) is 22.3 Å². The zero-order valence-corrected chi connectivity index (χ0v) is 32.5. The van der Waals surface area contributed by atoms with E-state index >= 15 is 0 Å². The highest BCUT2D eigenvalue weighted by Crippen LogP contribution is 2.44. The van der Waals surface area contributed by atoms with Crippen molar-refractivity contribution >= 4 is 60.2 Å². The molecule has 20 heteroatoms. The molecule has 2 aromatic rings. The monoisotopic (exact) mass is 813 g/mol. The van der Waals surface area contributed by atoms with Gasteiger partial charge in [-0.05, 0) is 41.0 Å². The number of guanidine groups is 1. The smallest absolute Gasteiger partial charge is 0.407 e. The van der Waals surface area contributed by atoms with Crippen LogP contribution in [0.5, 0.6) is 0 Å². The number of amides is 6. The van der Waals surface area contributed by atoms with Gasteiger partial charge in [-0.3, -0.25) is 33.8 Å². The molecule has 0 bridgehead atoms. The number of aliphatic hydroxyl groups is 1. The molecule has 310 valence electrons. The first-order chi connectivity index (χ1) is 27.1. The van der Waals surface area contributed by atoms with Crippen LogP contribution in [0.15, 0.2) is 53.5 Å². The number of primary amides is 1. The summed E-state index contributed by atoms with van der Waals surface area (Å²) in [6.07, 6.45) is -1.24. The molecular weight excluding hydrogens is 763 g/mol. The number of hydrogen-bond acceptors (Lipinski definition) is 11. The molecule has 0 aromatic heterocycles. The highest BCUT2D eigenvalue weighted by atomic mass is 32.1. The van der Waals surface area contributed by atoms with Crippen molar-refractivity contribution in [1.29, 1.82) is 0 Å². The molecule has 1 aliphatic carbocycles. The Hall–Kier alpha value is -5.89. The minimum absolute atomic E-state index is 0.0431. The second-order valence-corrected chi connectivity index (χ2v) is 13.8. The van der Waals surface area contributed by atoms with E-state index in [0.29, 0.717) is 6.42 Å². The number of alkyl carbamates (subject to hydrolysis) is 1. The first kappa shape index (κ1) is 45.5. The number of nitrogens with one attached hydrogen (secondary N) is 5. The molecule has 0 saturated heterocycles. The summed E-state index contributed by atoms with van der Waals surface area (Å²) in [5.74, 6) is -7.54. The Labute approximate surface area is 334 Å². The maximum atomic E-state index is 13.5. The Morgan fingerprint density at radius 3 is 1.86 bits per heavy atom. The Kier molecular flexibility index (Phi) is 17.6. The van der Waals surface area contributed by atoms with E-state index in [1.54, 1.807) is 13.8 Å². The van der Waals surface area contributed by atoms with Gasteiger partial charge in [-0.25, -0.2) is 4.79 Å². The summed E-state index contributed by atoms with van der Waals surface area (Å²) in [5.41, 5.74) is 20.0. The van der Waals surface area contributed by atoms with Crippen LogP contribution in [0.4, 0.5) is 4.79 Å². The van der Waals surface area contributed by atoms with Crippen LogP contribution >= 0.6 is 12.6 Å². The number of fused-ring (bicyclic) bond motifs is 3. The maximum Gasteiger partial charge on any atom is 0.407 e. The average molecular weight is 814 g/mol. The molecule has 13 N–H and O–H groups in total. The van der Waals surface area contributed by atoms with Crippen LogP contribution in [0.2, 0.25) is 0 Å². The fourth-order valence-electron chi connectivity index (χ4n) is 6.11. The van der Waals surface area contributed by atoms with Gasteiger partial charge in [-0.2, -0.15) is 12.6 Å². The van der Waals surface area contributed by atoms with Crippen LogP contribution in [0.1, 0.15) is 56.6 Å². The fraction of sp³-hybridized carbons (Fsp3) is 0.459. The Morgan fingerprint density at radius 1 is 0.789 bits per heavy atom. The number of nitrogens with two attached hydrogens (primary N) is 3. The van der Waals surface area contributed by atoms with Crippen LogP contribution in [0.3, 0.4) is 0 Å². The number of aliphatic hydroxyl groups excluding tert-OH is 1. The summed E-state index contributed by atoms with van der Waals surface area (Å²) >= 11 is 4.15. The molecule has 57 heavy (non-hydrogen) atoms. The van der Waals surface area contributed by atoms with Crippen LogP contribution in [0.25, 0.3) is 11.1 Å². The minimum atomic E-state index is -1.73. The number of ether oxygens (including phenoxy) is 1. The number of nitrogens with zero attached hydrogens (tertiary/aromatic N) is 1. The summed E-state index contributed by atoms with van der Waals surface area (Å²) in [5, 5.41) is 31.3. The predicted octanol–water partition coefficient (Wildman–Crippen LogP) is -1.19. The number of aliphatic imine (C=N–C) groups is 1. The van der Waals surface area contributed by atoms with Crippen molar-refractivity contribution < 1.29 is 48.5 Å². The topological polar surface area (TPSA) is 320 Å². The van der Waals surface area contributed by atoms with Gasteiger partial charge in [-0.15, -0.1) is 0 Å². The molecule has 0 radical (unpaired) electrons. The van der Waals surface area contributed by atoms with Gasteiger partial charge in [0, 0.05) is 18.2 Å². The van der Waals surface area contributed by atoms with Gasteiger partial charge in [-0.1, -0.05) is 68.8 Å². The van der Waals surface area contributed by atoms with Crippen molar-refractivity contribution in [2.24, 2.45) is 28.1 Å². The van der Waals surface area contributed by atoms with Crippen LogP contribution in [-0.2, 0) is 33.5 Å². The van der Waals surface area contributed by atoms with Gasteiger partial charge in [0.15, 0.2) is 5.96 Å². The lowest BCUT2D eigenvalue weighted by Crippen LogP contribution is -2.61. The molecule has 1 aliphatic rings. The summed E-state index contributed by atoms with van der Waals surface area (Å²) in [6, 6.07) is 8.19. The quantitative estimate of drug-likeness (QED) is 0.0290.